The van der Waals surface area contributed by atoms with Gasteiger partial charge in [-0.15, -0.1) is 0 Å². The van der Waals surface area contributed by atoms with Crippen LogP contribution in [0.4, 0.5) is 5.82 Å². The van der Waals surface area contributed by atoms with Gasteiger partial charge in [0.1, 0.15) is 12.1 Å². The highest BCUT2D eigenvalue weighted by Gasteiger charge is 2.22. The van der Waals surface area contributed by atoms with Gasteiger partial charge in [-0.25, -0.2) is 14.6 Å². The summed E-state index contributed by atoms with van der Waals surface area (Å²) in [6, 6.07) is 0. The molecule has 2 aromatic heterocycles. The molecule has 1 fully saturated rings. The molecule has 0 bridgehead atoms. The van der Waals surface area contributed by atoms with Gasteiger partial charge in [0, 0.05) is 6.61 Å². The molecule has 6 nitrogen and oxygen atoms in total. The second kappa shape index (κ2) is 5.13. The fourth-order valence-corrected chi connectivity index (χ4v) is 2.60. The highest BCUT2D eigenvalue weighted by atomic mass is 16.5. The summed E-state index contributed by atoms with van der Waals surface area (Å²) in [7, 11) is 0. The van der Waals surface area contributed by atoms with E-state index in [1.165, 1.54) is 6.33 Å². The van der Waals surface area contributed by atoms with Crippen LogP contribution in [-0.2, 0) is 11.2 Å². The van der Waals surface area contributed by atoms with Crippen molar-refractivity contribution in [2.24, 2.45) is 0 Å². The minimum absolute atomic E-state index is 0.0174. The third-order valence-corrected chi connectivity index (χ3v) is 3.51. The minimum Gasteiger partial charge on any atom is -0.383 e. The average Bonchev–Trinajstić information content (AvgIpc) is 2.81. The summed E-state index contributed by atoms with van der Waals surface area (Å²) in [6.45, 7) is 2.91. The van der Waals surface area contributed by atoms with Gasteiger partial charge in [0.05, 0.1) is 11.1 Å². The highest BCUT2D eigenvalue weighted by Crippen LogP contribution is 2.29. The van der Waals surface area contributed by atoms with E-state index in [0.29, 0.717) is 5.82 Å². The largest absolute Gasteiger partial charge is 0.383 e. The van der Waals surface area contributed by atoms with Crippen LogP contribution in [0.5, 0.6) is 0 Å². The van der Waals surface area contributed by atoms with Crippen molar-refractivity contribution in [2.75, 3.05) is 12.3 Å². The molecule has 1 aliphatic heterocycles. The zero-order valence-corrected chi connectivity index (χ0v) is 11.2. The maximum absolute atomic E-state index is 5.98. The van der Waals surface area contributed by atoms with Crippen LogP contribution in [-0.4, -0.2) is 26.4 Å². The number of ether oxygens (including phenoxy) is 1. The molecule has 2 aromatic rings. The van der Waals surface area contributed by atoms with Gasteiger partial charge >= 0.3 is 0 Å². The fourth-order valence-electron chi connectivity index (χ4n) is 2.60. The van der Waals surface area contributed by atoms with Crippen molar-refractivity contribution in [3.05, 3.63) is 12.0 Å². The summed E-state index contributed by atoms with van der Waals surface area (Å²) in [5, 5.41) is 5.56. The van der Waals surface area contributed by atoms with Crippen LogP contribution in [0.1, 0.15) is 44.5 Å². The van der Waals surface area contributed by atoms with E-state index in [0.717, 1.165) is 55.4 Å². The smallest absolute Gasteiger partial charge is 0.166 e. The van der Waals surface area contributed by atoms with E-state index >= 15 is 0 Å². The summed E-state index contributed by atoms with van der Waals surface area (Å²) < 4.78 is 7.69. The maximum Gasteiger partial charge on any atom is 0.166 e. The van der Waals surface area contributed by atoms with E-state index in [4.69, 9.17) is 10.5 Å². The van der Waals surface area contributed by atoms with Crippen LogP contribution < -0.4 is 5.73 Å². The summed E-state index contributed by atoms with van der Waals surface area (Å²) in [6.07, 6.45) is 6.64. The molecule has 19 heavy (non-hydrogen) atoms. The minimum atomic E-state index is -0.0174. The molecule has 1 aliphatic rings. The molecule has 102 valence electrons. The van der Waals surface area contributed by atoms with Crippen LogP contribution >= 0.6 is 0 Å². The number of nitrogens with two attached hydrogens (primary N) is 1. The third-order valence-electron chi connectivity index (χ3n) is 3.51. The Hall–Kier alpha value is -1.69. The second-order valence-electron chi connectivity index (χ2n) is 4.92. The monoisotopic (exact) mass is 261 g/mol. The number of rotatable bonds is 3. The number of hydrogen-bond donors (Lipinski definition) is 1. The zero-order valence-electron chi connectivity index (χ0n) is 11.2. The highest BCUT2D eigenvalue weighted by molar-refractivity contribution is 5.88. The zero-order chi connectivity index (χ0) is 13.2. The van der Waals surface area contributed by atoms with Crippen molar-refractivity contribution in [1.82, 2.24) is 19.7 Å². The Balaban J connectivity index is 2.11. The predicted molar refractivity (Wildman–Crippen MR) is 72.6 cm³/mol. The molecule has 0 saturated carbocycles. The summed E-state index contributed by atoms with van der Waals surface area (Å²) in [5.74, 6) is 0.510. The number of aromatic nitrogens is 4. The van der Waals surface area contributed by atoms with E-state index in [-0.39, 0.29) is 6.23 Å². The molecule has 1 atom stereocenters. The number of aryl methyl sites for hydroxylation is 1. The molecule has 0 aliphatic carbocycles. The molecule has 0 spiro atoms. The molecular formula is C13H19N5O. The lowest BCUT2D eigenvalue weighted by atomic mass is 10.2. The Kier molecular flexibility index (Phi) is 3.33. The Bertz CT molecular complexity index is 574. The molecule has 1 unspecified atom stereocenters. The van der Waals surface area contributed by atoms with Crippen LogP contribution in [0.2, 0.25) is 0 Å². The van der Waals surface area contributed by atoms with Gasteiger partial charge in [-0.05, 0) is 25.7 Å². The molecule has 0 amide bonds. The first-order valence-corrected chi connectivity index (χ1v) is 6.90. The SMILES string of the molecule is CCCc1nn(C2CCCCO2)c2ncnc(N)c12. The van der Waals surface area contributed by atoms with Crippen molar-refractivity contribution >= 4 is 16.9 Å². The molecular weight excluding hydrogens is 242 g/mol. The van der Waals surface area contributed by atoms with E-state index in [1.54, 1.807) is 0 Å². The Morgan fingerprint density at radius 2 is 2.32 bits per heavy atom. The standard InChI is InChI=1S/C13H19N5O/c1-2-5-9-11-12(14)15-8-16-13(11)18(17-9)10-6-3-4-7-19-10/h8,10H,2-7H2,1H3,(H2,14,15,16). The van der Waals surface area contributed by atoms with Gasteiger partial charge in [-0.2, -0.15) is 5.10 Å². The number of nitrogens with zero attached hydrogens (tertiary/aromatic N) is 4. The summed E-state index contributed by atoms with van der Waals surface area (Å²) in [5.41, 5.74) is 7.76. The number of nitrogen functional groups attached to an aromatic ring is 1. The van der Waals surface area contributed by atoms with Crippen molar-refractivity contribution in [1.29, 1.82) is 0 Å². The summed E-state index contributed by atoms with van der Waals surface area (Å²) in [4.78, 5) is 8.43. The van der Waals surface area contributed by atoms with Crippen molar-refractivity contribution in [3.63, 3.8) is 0 Å². The number of anilines is 1. The quantitative estimate of drug-likeness (QED) is 0.914. The first kappa shape index (κ1) is 12.3. The number of fused-ring (bicyclic) bond motifs is 1. The fraction of sp³-hybridized carbons (Fsp3) is 0.615. The van der Waals surface area contributed by atoms with Crippen molar-refractivity contribution in [3.8, 4) is 0 Å². The van der Waals surface area contributed by atoms with Crippen molar-refractivity contribution < 1.29 is 4.74 Å². The van der Waals surface area contributed by atoms with Crippen LogP contribution in [0.3, 0.4) is 0 Å². The normalized spacial score (nSPS) is 19.9. The van der Waals surface area contributed by atoms with E-state index in [1.807, 2.05) is 4.68 Å². The van der Waals surface area contributed by atoms with Gasteiger partial charge in [0.15, 0.2) is 11.9 Å². The second-order valence-corrected chi connectivity index (χ2v) is 4.92. The average molecular weight is 261 g/mol. The Morgan fingerprint density at radius 3 is 3.05 bits per heavy atom. The molecule has 3 heterocycles. The van der Waals surface area contributed by atoms with Gasteiger partial charge in [0.2, 0.25) is 0 Å². The molecule has 1 saturated heterocycles. The first-order valence-electron chi connectivity index (χ1n) is 6.90. The Morgan fingerprint density at radius 1 is 1.42 bits per heavy atom. The predicted octanol–water partition coefficient (Wildman–Crippen LogP) is 2.06. The van der Waals surface area contributed by atoms with Gasteiger partial charge in [-0.3, -0.25) is 0 Å². The van der Waals surface area contributed by atoms with Crippen molar-refractivity contribution in [2.45, 2.75) is 45.3 Å². The Labute approximate surface area is 112 Å². The lowest BCUT2D eigenvalue weighted by Crippen LogP contribution is -2.19. The van der Waals surface area contributed by atoms with Crippen LogP contribution in [0.25, 0.3) is 11.0 Å². The van der Waals surface area contributed by atoms with E-state index in [9.17, 15) is 0 Å². The van der Waals surface area contributed by atoms with Gasteiger partial charge < -0.3 is 10.5 Å². The summed E-state index contributed by atoms with van der Waals surface area (Å²) >= 11 is 0. The molecule has 2 N–H and O–H groups in total. The lowest BCUT2D eigenvalue weighted by Gasteiger charge is -2.22. The van der Waals surface area contributed by atoms with Gasteiger partial charge in [0.25, 0.3) is 0 Å². The number of hydrogen-bond acceptors (Lipinski definition) is 5. The maximum atomic E-state index is 5.98. The molecule has 3 rings (SSSR count). The molecule has 6 heteroatoms. The topological polar surface area (TPSA) is 78.8 Å². The third kappa shape index (κ3) is 2.16. The van der Waals surface area contributed by atoms with Crippen LogP contribution in [0, 0.1) is 0 Å². The van der Waals surface area contributed by atoms with Gasteiger partial charge in [-0.1, -0.05) is 13.3 Å². The lowest BCUT2D eigenvalue weighted by molar-refractivity contribution is -0.0372. The van der Waals surface area contributed by atoms with E-state index in [2.05, 4.69) is 22.0 Å². The first-order chi connectivity index (χ1) is 9.31. The molecule has 0 radical (unpaired) electrons. The van der Waals surface area contributed by atoms with Crippen LogP contribution in [0.15, 0.2) is 6.33 Å². The molecule has 0 aromatic carbocycles. The van der Waals surface area contributed by atoms with E-state index < -0.39 is 0 Å².